The van der Waals surface area contributed by atoms with Crippen molar-refractivity contribution in [2.24, 2.45) is 28.6 Å². The molecule has 0 radical (unpaired) electrons. The number of rotatable bonds is 10. The Morgan fingerprint density at radius 2 is 1.90 bits per heavy atom. The van der Waals surface area contributed by atoms with E-state index in [2.05, 4.69) is 29.4 Å². The molecule has 0 spiro atoms. The lowest BCUT2D eigenvalue weighted by atomic mass is 9.46. The topological polar surface area (TPSA) is 125 Å². The van der Waals surface area contributed by atoms with Crippen molar-refractivity contribution in [3.8, 4) is 0 Å². The van der Waals surface area contributed by atoms with Gasteiger partial charge in [0.25, 0.3) is 0 Å². The van der Waals surface area contributed by atoms with E-state index in [0.29, 0.717) is 31.2 Å². The van der Waals surface area contributed by atoms with Crippen molar-refractivity contribution in [1.29, 1.82) is 0 Å². The Bertz CT molecular complexity index is 1050. The van der Waals surface area contributed by atoms with Gasteiger partial charge in [0.05, 0.1) is 6.42 Å². The fourth-order valence-electron chi connectivity index (χ4n) is 8.95. The molecule has 40 heavy (non-hydrogen) atoms. The molecule has 4 fully saturated rings. The second-order valence-corrected chi connectivity index (χ2v) is 13.4. The minimum absolute atomic E-state index is 0.0201. The third-order valence-electron chi connectivity index (χ3n) is 11.4. The molecule has 6 atom stereocenters. The zero-order chi connectivity index (χ0) is 28.5. The number of nitrogens with zero attached hydrogens (tertiary/aromatic N) is 1. The molecule has 1 aliphatic heterocycles. The van der Waals surface area contributed by atoms with Crippen LogP contribution < -0.4 is 10.6 Å². The number of nitrogens with one attached hydrogen (secondary N) is 2. The molecule has 5 aliphatic rings. The first-order valence-corrected chi connectivity index (χ1v) is 15.4. The Kier molecular flexibility index (Phi) is 8.56. The van der Waals surface area contributed by atoms with Gasteiger partial charge in [0.1, 0.15) is 5.60 Å². The van der Waals surface area contributed by atoms with Gasteiger partial charge in [-0.25, -0.2) is 0 Å². The molecule has 1 heterocycles. The van der Waals surface area contributed by atoms with Crippen LogP contribution in [0.4, 0.5) is 0 Å². The van der Waals surface area contributed by atoms with Crippen molar-refractivity contribution in [2.75, 3.05) is 39.5 Å². The fourth-order valence-corrected chi connectivity index (χ4v) is 8.95. The van der Waals surface area contributed by atoms with Crippen molar-refractivity contribution in [2.45, 2.75) is 90.1 Å². The number of hydrogen-bond donors (Lipinski definition) is 3. The predicted molar refractivity (Wildman–Crippen MR) is 149 cm³/mol. The number of allylic oxidation sites excluding steroid dienone is 1. The molecule has 6 unspecified atom stereocenters. The normalized spacial score (nSPS) is 37.2. The number of ether oxygens (including phenoxy) is 1. The van der Waals surface area contributed by atoms with Crippen molar-refractivity contribution in [3.05, 3.63) is 11.6 Å². The SMILES string of the molecule is CC12CCC(=O)C=C1CCC1C2CCC2(C)C1CCC2(O)C(=O)COC(=O)CCC(=O)NCCCN1CCNC1. The van der Waals surface area contributed by atoms with Crippen LogP contribution in [0.3, 0.4) is 0 Å². The van der Waals surface area contributed by atoms with Gasteiger partial charge in [-0.05, 0) is 80.6 Å². The van der Waals surface area contributed by atoms with Crippen LogP contribution >= 0.6 is 0 Å². The van der Waals surface area contributed by atoms with Gasteiger partial charge < -0.3 is 20.5 Å². The molecular formula is C31H47N3O6. The molecule has 0 aromatic rings. The predicted octanol–water partition coefficient (Wildman–Crippen LogP) is 2.51. The lowest BCUT2D eigenvalue weighted by Gasteiger charge is -2.58. The first kappa shape index (κ1) is 29.4. The maximum Gasteiger partial charge on any atom is 0.306 e. The minimum Gasteiger partial charge on any atom is -0.458 e. The van der Waals surface area contributed by atoms with Gasteiger partial charge in [-0.3, -0.25) is 24.1 Å². The summed E-state index contributed by atoms with van der Waals surface area (Å²) in [6, 6.07) is 0. The Morgan fingerprint density at radius 1 is 1.10 bits per heavy atom. The van der Waals surface area contributed by atoms with E-state index in [1.165, 1.54) is 5.57 Å². The Labute approximate surface area is 237 Å². The monoisotopic (exact) mass is 557 g/mol. The summed E-state index contributed by atoms with van der Waals surface area (Å²) in [6.07, 6.45) is 8.96. The lowest BCUT2D eigenvalue weighted by molar-refractivity contribution is -0.170. The van der Waals surface area contributed by atoms with Crippen LogP contribution in [0.2, 0.25) is 0 Å². The van der Waals surface area contributed by atoms with E-state index in [-0.39, 0.29) is 35.9 Å². The molecular weight excluding hydrogens is 510 g/mol. The number of aliphatic hydroxyl groups is 1. The van der Waals surface area contributed by atoms with Gasteiger partial charge in [0.2, 0.25) is 11.7 Å². The van der Waals surface area contributed by atoms with Crippen molar-refractivity contribution >= 4 is 23.4 Å². The molecule has 1 saturated heterocycles. The summed E-state index contributed by atoms with van der Waals surface area (Å²) in [4.78, 5) is 52.2. The van der Waals surface area contributed by atoms with E-state index >= 15 is 0 Å². The molecule has 9 nitrogen and oxygen atoms in total. The highest BCUT2D eigenvalue weighted by molar-refractivity contribution is 5.92. The summed E-state index contributed by atoms with van der Waals surface area (Å²) in [5, 5.41) is 17.9. The molecule has 0 aromatic carbocycles. The molecule has 3 saturated carbocycles. The fraction of sp³-hybridized carbons (Fsp3) is 0.806. The molecule has 3 N–H and O–H groups in total. The van der Waals surface area contributed by atoms with Crippen LogP contribution in [0, 0.1) is 28.6 Å². The molecule has 0 bridgehead atoms. The molecule has 9 heteroatoms. The number of hydrogen-bond acceptors (Lipinski definition) is 8. The summed E-state index contributed by atoms with van der Waals surface area (Å²) in [7, 11) is 0. The van der Waals surface area contributed by atoms with Crippen molar-refractivity contribution < 1.29 is 29.0 Å². The molecule has 222 valence electrons. The Balaban J connectivity index is 1.09. The van der Waals surface area contributed by atoms with Crippen molar-refractivity contribution in [3.63, 3.8) is 0 Å². The van der Waals surface area contributed by atoms with Gasteiger partial charge >= 0.3 is 5.97 Å². The average molecular weight is 558 g/mol. The standard InChI is InChI=1S/C31H47N3O6/c1-29-11-8-22(35)18-21(29)4-5-23-24(29)9-12-30(2)25(23)10-13-31(30,39)26(36)19-40-28(38)7-6-27(37)33-14-3-16-34-17-15-32-20-34/h18,23-25,32,39H,3-17,19-20H2,1-2H3,(H,33,37). The van der Waals surface area contributed by atoms with Crippen LogP contribution in [0.25, 0.3) is 0 Å². The minimum atomic E-state index is -1.51. The smallest absolute Gasteiger partial charge is 0.306 e. The first-order chi connectivity index (χ1) is 19.1. The average Bonchev–Trinajstić information content (AvgIpc) is 3.55. The number of carbonyl (C=O) groups excluding carboxylic acids is 4. The number of carbonyl (C=O) groups is 4. The van der Waals surface area contributed by atoms with Crippen LogP contribution in [-0.2, 0) is 23.9 Å². The highest BCUT2D eigenvalue weighted by Crippen LogP contribution is 2.67. The van der Waals surface area contributed by atoms with Gasteiger partial charge in [-0.15, -0.1) is 0 Å². The van der Waals surface area contributed by atoms with Crippen molar-refractivity contribution in [1.82, 2.24) is 15.5 Å². The van der Waals surface area contributed by atoms with Crippen LogP contribution in [0.5, 0.6) is 0 Å². The van der Waals surface area contributed by atoms with Crippen LogP contribution in [-0.4, -0.2) is 78.5 Å². The summed E-state index contributed by atoms with van der Waals surface area (Å²) >= 11 is 0. The van der Waals surface area contributed by atoms with E-state index in [9.17, 15) is 24.3 Å². The van der Waals surface area contributed by atoms with Gasteiger partial charge in [0.15, 0.2) is 12.4 Å². The highest BCUT2D eigenvalue weighted by Gasteiger charge is 2.66. The third-order valence-corrected chi connectivity index (χ3v) is 11.4. The molecule has 1 amide bonds. The number of Topliss-reactive ketones (excluding diaryl/α,β-unsaturated/α-hetero) is 1. The summed E-state index contributed by atoms with van der Waals surface area (Å²) in [5.41, 5.74) is -0.718. The maximum atomic E-state index is 13.4. The zero-order valence-corrected chi connectivity index (χ0v) is 24.3. The van der Waals surface area contributed by atoms with E-state index in [1.54, 1.807) is 0 Å². The van der Waals surface area contributed by atoms with Gasteiger partial charge in [-0.1, -0.05) is 19.4 Å². The lowest BCUT2D eigenvalue weighted by Crippen LogP contribution is -2.58. The Morgan fingerprint density at radius 3 is 2.67 bits per heavy atom. The van der Waals surface area contributed by atoms with E-state index in [4.69, 9.17) is 4.74 Å². The summed E-state index contributed by atoms with van der Waals surface area (Å²) in [6.45, 7) is 8.31. The first-order valence-electron chi connectivity index (χ1n) is 15.4. The summed E-state index contributed by atoms with van der Waals surface area (Å²) < 4.78 is 5.27. The van der Waals surface area contributed by atoms with E-state index in [1.807, 2.05) is 6.08 Å². The summed E-state index contributed by atoms with van der Waals surface area (Å²) in [5.74, 6) is 0.152. The maximum absolute atomic E-state index is 13.4. The largest absolute Gasteiger partial charge is 0.458 e. The Hall–Kier alpha value is -2.10. The number of ketones is 2. The quantitative estimate of drug-likeness (QED) is 0.277. The second-order valence-electron chi connectivity index (χ2n) is 13.4. The van der Waals surface area contributed by atoms with Crippen LogP contribution in [0.15, 0.2) is 11.6 Å². The highest BCUT2D eigenvalue weighted by atomic mass is 16.5. The third kappa shape index (κ3) is 5.41. The van der Waals surface area contributed by atoms with Gasteiger partial charge in [-0.2, -0.15) is 0 Å². The number of esters is 1. The van der Waals surface area contributed by atoms with E-state index < -0.39 is 29.4 Å². The molecule has 0 aromatic heterocycles. The van der Waals surface area contributed by atoms with E-state index in [0.717, 1.165) is 71.2 Å². The second kappa shape index (κ2) is 11.6. The zero-order valence-electron chi connectivity index (χ0n) is 24.3. The van der Waals surface area contributed by atoms with Crippen LogP contribution in [0.1, 0.15) is 84.5 Å². The number of fused-ring (bicyclic) bond motifs is 5. The molecule has 4 aliphatic carbocycles. The number of amides is 1. The molecule has 5 rings (SSSR count). The van der Waals surface area contributed by atoms with Gasteiger partial charge in [0, 0.05) is 51.1 Å².